The molecule has 0 aliphatic carbocycles. The highest BCUT2D eigenvalue weighted by Crippen LogP contribution is 2.14. The fourth-order valence-corrected chi connectivity index (χ4v) is 0.670. The Morgan fingerprint density at radius 1 is 1.33 bits per heavy atom. The van der Waals surface area contributed by atoms with E-state index in [4.69, 9.17) is 5.73 Å². The van der Waals surface area contributed by atoms with E-state index in [1.54, 1.807) is 6.92 Å². The van der Waals surface area contributed by atoms with Crippen LogP contribution < -0.4 is 5.73 Å². The van der Waals surface area contributed by atoms with Gasteiger partial charge in [-0.25, -0.2) is 0 Å². The van der Waals surface area contributed by atoms with Gasteiger partial charge in [0.1, 0.15) is 5.76 Å². The lowest BCUT2D eigenvalue weighted by Crippen LogP contribution is -1.99. The van der Waals surface area contributed by atoms with Gasteiger partial charge in [-0.2, -0.15) is 0 Å². The number of nitrogens with two attached hydrogens (primary N) is 1. The molecular weight excluding hydrogens is 150 g/mol. The Labute approximate surface area is 73.4 Å². The summed E-state index contributed by atoms with van der Waals surface area (Å²) < 4.78 is 0. The third-order valence-corrected chi connectivity index (χ3v) is 1.70. The van der Waals surface area contributed by atoms with E-state index in [2.05, 4.69) is 13.2 Å². The van der Waals surface area contributed by atoms with Gasteiger partial charge < -0.3 is 10.8 Å². The maximum atomic E-state index is 9.37. The van der Waals surface area contributed by atoms with Crippen molar-refractivity contribution in [2.24, 2.45) is 5.73 Å². The molecular formula is C10H15NO. The molecule has 0 saturated heterocycles. The first-order chi connectivity index (χ1) is 5.50. The molecule has 0 heterocycles. The lowest BCUT2D eigenvalue weighted by Gasteiger charge is -2.05. The molecule has 0 aromatic heterocycles. The predicted octanol–water partition coefficient (Wildman–Crippen LogP) is 2.42. The van der Waals surface area contributed by atoms with Gasteiger partial charge in [0.25, 0.3) is 0 Å². The summed E-state index contributed by atoms with van der Waals surface area (Å²) in [6.45, 7) is 10.6. The second kappa shape index (κ2) is 4.44. The minimum atomic E-state index is 0.175. The van der Waals surface area contributed by atoms with Crippen molar-refractivity contribution in [2.45, 2.75) is 13.8 Å². The summed E-state index contributed by atoms with van der Waals surface area (Å²) in [6.07, 6.45) is 3.03. The van der Waals surface area contributed by atoms with Gasteiger partial charge in [-0.1, -0.05) is 19.2 Å². The molecule has 0 aliphatic rings. The van der Waals surface area contributed by atoms with E-state index in [0.717, 1.165) is 11.1 Å². The van der Waals surface area contributed by atoms with E-state index in [1.165, 1.54) is 12.2 Å². The summed E-state index contributed by atoms with van der Waals surface area (Å²) in [5, 5.41) is 9.37. The highest BCUT2D eigenvalue weighted by Gasteiger charge is 2.01. The standard InChI is InChI=1S/C10H15NO/c1-5-6-10(12)8(3)7(2)9(4)11/h5-6,12H,1,4,11H2,2-3H3/b8-7+,10-6+. The summed E-state index contributed by atoms with van der Waals surface area (Å²) in [6, 6.07) is 0. The molecule has 12 heavy (non-hydrogen) atoms. The van der Waals surface area contributed by atoms with Gasteiger partial charge in [0.15, 0.2) is 0 Å². The molecule has 0 aliphatic heterocycles. The van der Waals surface area contributed by atoms with Crippen LogP contribution in [0, 0.1) is 0 Å². The summed E-state index contributed by atoms with van der Waals surface area (Å²) in [4.78, 5) is 0. The maximum absolute atomic E-state index is 9.37. The molecule has 66 valence electrons. The first-order valence-electron chi connectivity index (χ1n) is 3.65. The van der Waals surface area contributed by atoms with Crippen LogP contribution in [-0.2, 0) is 0 Å². The van der Waals surface area contributed by atoms with Crippen LogP contribution in [0.1, 0.15) is 13.8 Å². The quantitative estimate of drug-likeness (QED) is 0.498. The van der Waals surface area contributed by atoms with Crippen molar-refractivity contribution >= 4 is 0 Å². The Morgan fingerprint density at radius 2 is 1.83 bits per heavy atom. The fourth-order valence-electron chi connectivity index (χ4n) is 0.670. The number of aliphatic hydroxyl groups is 1. The molecule has 0 aromatic carbocycles. The van der Waals surface area contributed by atoms with Crippen LogP contribution in [0.2, 0.25) is 0 Å². The first-order valence-corrected chi connectivity index (χ1v) is 3.65. The van der Waals surface area contributed by atoms with Crippen LogP contribution in [-0.4, -0.2) is 5.11 Å². The predicted molar refractivity (Wildman–Crippen MR) is 52.6 cm³/mol. The SMILES string of the molecule is C=C/C=C(O)\C(C)=C(/C)C(=C)N. The van der Waals surface area contributed by atoms with Crippen molar-refractivity contribution in [2.75, 3.05) is 0 Å². The molecule has 0 rings (SSSR count). The van der Waals surface area contributed by atoms with Crippen molar-refractivity contribution in [1.82, 2.24) is 0 Å². The lowest BCUT2D eigenvalue weighted by molar-refractivity contribution is 0.422. The molecule has 2 nitrogen and oxygen atoms in total. The summed E-state index contributed by atoms with van der Waals surface area (Å²) in [7, 11) is 0. The van der Waals surface area contributed by atoms with Crippen molar-refractivity contribution < 1.29 is 5.11 Å². The summed E-state index contributed by atoms with van der Waals surface area (Å²) in [5.41, 5.74) is 7.44. The third kappa shape index (κ3) is 2.66. The highest BCUT2D eigenvalue weighted by molar-refractivity contribution is 5.38. The van der Waals surface area contributed by atoms with Crippen molar-refractivity contribution in [3.05, 3.63) is 47.9 Å². The Kier molecular flexibility index (Phi) is 3.91. The van der Waals surface area contributed by atoms with E-state index in [-0.39, 0.29) is 5.76 Å². The van der Waals surface area contributed by atoms with E-state index >= 15 is 0 Å². The van der Waals surface area contributed by atoms with Gasteiger partial charge in [0, 0.05) is 5.70 Å². The van der Waals surface area contributed by atoms with E-state index < -0.39 is 0 Å². The zero-order chi connectivity index (χ0) is 9.72. The zero-order valence-electron chi connectivity index (χ0n) is 7.59. The molecule has 0 unspecified atom stereocenters. The molecule has 3 N–H and O–H groups in total. The molecule has 0 radical (unpaired) electrons. The maximum Gasteiger partial charge on any atom is 0.118 e. The summed E-state index contributed by atoms with van der Waals surface area (Å²) >= 11 is 0. The molecule has 2 heteroatoms. The number of aliphatic hydroxyl groups excluding tert-OH is 1. The monoisotopic (exact) mass is 165 g/mol. The molecule has 0 atom stereocenters. The van der Waals surface area contributed by atoms with Gasteiger partial charge >= 0.3 is 0 Å². The number of rotatable bonds is 3. The average Bonchev–Trinajstić information content (AvgIpc) is 2.02. The minimum Gasteiger partial charge on any atom is -0.508 e. The largest absolute Gasteiger partial charge is 0.508 e. The zero-order valence-corrected chi connectivity index (χ0v) is 7.59. The second-order valence-corrected chi connectivity index (χ2v) is 2.56. The lowest BCUT2D eigenvalue weighted by atomic mass is 10.1. The molecule has 0 spiro atoms. The van der Waals surface area contributed by atoms with Crippen LogP contribution in [0.15, 0.2) is 47.9 Å². The molecule has 0 aromatic rings. The Hall–Kier alpha value is -1.44. The van der Waals surface area contributed by atoms with E-state index in [1.807, 2.05) is 6.92 Å². The van der Waals surface area contributed by atoms with Crippen LogP contribution >= 0.6 is 0 Å². The summed E-state index contributed by atoms with van der Waals surface area (Å²) in [5.74, 6) is 0.175. The van der Waals surface area contributed by atoms with Crippen molar-refractivity contribution in [3.63, 3.8) is 0 Å². The van der Waals surface area contributed by atoms with Crippen molar-refractivity contribution in [1.29, 1.82) is 0 Å². The van der Waals surface area contributed by atoms with Crippen LogP contribution in [0.4, 0.5) is 0 Å². The number of hydrogen-bond acceptors (Lipinski definition) is 2. The smallest absolute Gasteiger partial charge is 0.118 e. The topological polar surface area (TPSA) is 46.2 Å². The molecule has 0 fully saturated rings. The Balaban J connectivity index is 4.90. The second-order valence-electron chi connectivity index (χ2n) is 2.56. The van der Waals surface area contributed by atoms with Gasteiger partial charge in [-0.05, 0) is 31.1 Å². The Bertz CT molecular complexity index is 259. The first kappa shape index (κ1) is 10.6. The minimum absolute atomic E-state index is 0.175. The average molecular weight is 165 g/mol. The van der Waals surface area contributed by atoms with Gasteiger partial charge in [-0.3, -0.25) is 0 Å². The van der Waals surface area contributed by atoms with Crippen molar-refractivity contribution in [3.8, 4) is 0 Å². The van der Waals surface area contributed by atoms with E-state index in [9.17, 15) is 5.11 Å². The molecule has 0 amide bonds. The normalized spacial score (nSPS) is 13.7. The Morgan fingerprint density at radius 3 is 2.17 bits per heavy atom. The molecule has 0 bridgehead atoms. The fraction of sp³-hybridized carbons (Fsp3) is 0.200. The molecule has 0 saturated carbocycles. The van der Waals surface area contributed by atoms with E-state index in [0.29, 0.717) is 5.70 Å². The third-order valence-electron chi connectivity index (χ3n) is 1.70. The highest BCUT2D eigenvalue weighted by atomic mass is 16.3. The number of allylic oxidation sites excluding steroid dienone is 4. The van der Waals surface area contributed by atoms with Gasteiger partial charge in [0.05, 0.1) is 0 Å². The van der Waals surface area contributed by atoms with Gasteiger partial charge in [0.2, 0.25) is 0 Å². The van der Waals surface area contributed by atoms with Crippen LogP contribution in [0.5, 0.6) is 0 Å². The van der Waals surface area contributed by atoms with Crippen LogP contribution in [0.25, 0.3) is 0 Å². The van der Waals surface area contributed by atoms with Gasteiger partial charge in [-0.15, -0.1) is 0 Å². The number of hydrogen-bond donors (Lipinski definition) is 2. The van der Waals surface area contributed by atoms with Crippen LogP contribution in [0.3, 0.4) is 0 Å².